The zero-order chi connectivity index (χ0) is 39.0. The van der Waals surface area contributed by atoms with Crippen molar-refractivity contribution in [2.24, 2.45) is 0 Å². The summed E-state index contributed by atoms with van der Waals surface area (Å²) in [5, 5.41) is 5.23. The molecule has 0 aliphatic rings. The fourth-order valence-corrected chi connectivity index (χ4v) is 7.19. The molecule has 0 unspecified atom stereocenters. The largest absolute Gasteiger partial charge is 0.0614 e. The van der Waals surface area contributed by atoms with Gasteiger partial charge in [-0.15, -0.1) is 0 Å². The SMILES string of the molecule is Cc1ccc(-c2ccc3ccc(C)cc3c2)cc1.Cc1cccc(-c2ccc3ccc(C)cc3c2)c1.Cc1cccc(-c2cccc(-c3cccc(C)c3)c2)c1. The van der Waals surface area contributed by atoms with Gasteiger partial charge in [-0.2, -0.15) is 0 Å². The van der Waals surface area contributed by atoms with Gasteiger partial charge in [-0.25, -0.2) is 0 Å². The third-order valence-electron chi connectivity index (χ3n) is 10.3. The van der Waals surface area contributed by atoms with Crippen LogP contribution in [0.15, 0.2) is 194 Å². The minimum absolute atomic E-state index is 1.27. The van der Waals surface area contributed by atoms with Crippen LogP contribution in [0.1, 0.15) is 33.4 Å². The second kappa shape index (κ2) is 17.3. The molecule has 0 aromatic heterocycles. The summed E-state index contributed by atoms with van der Waals surface area (Å²) in [4.78, 5) is 0. The van der Waals surface area contributed by atoms with Crippen molar-refractivity contribution >= 4 is 21.5 Å². The number of aryl methyl sites for hydroxylation is 6. The fourth-order valence-electron chi connectivity index (χ4n) is 7.19. The van der Waals surface area contributed by atoms with Gasteiger partial charge >= 0.3 is 0 Å². The highest BCUT2D eigenvalue weighted by Crippen LogP contribution is 2.29. The van der Waals surface area contributed by atoms with Crippen molar-refractivity contribution in [3.8, 4) is 44.5 Å². The Hall–Kier alpha value is -6.50. The van der Waals surface area contributed by atoms with E-state index in [9.17, 15) is 0 Å². The van der Waals surface area contributed by atoms with Gasteiger partial charge in [0, 0.05) is 0 Å². The van der Waals surface area contributed by atoms with Crippen molar-refractivity contribution in [2.75, 3.05) is 0 Å². The van der Waals surface area contributed by atoms with E-state index in [-0.39, 0.29) is 0 Å². The van der Waals surface area contributed by atoms with Gasteiger partial charge in [0.25, 0.3) is 0 Å². The average molecular weight is 723 g/mol. The highest BCUT2D eigenvalue weighted by Gasteiger charge is 2.04. The standard InChI is InChI=1S/C20H18.2C18H16/c1-15-6-3-8-17(12-15)19-10-5-11-20(14-19)18-9-4-7-16(2)13-18;1-13-3-6-15(7-4-13)17-10-9-16-8-5-14(2)11-18(16)12-17;1-13-4-3-5-16(10-13)17-9-8-15-7-6-14(2)11-18(15)12-17/h3-14H,1-2H3;2*3-12H,1-2H3. The van der Waals surface area contributed by atoms with E-state index in [1.807, 2.05) is 0 Å². The lowest BCUT2D eigenvalue weighted by atomic mass is 9.97. The maximum Gasteiger partial charge on any atom is -0.0175 e. The molecule has 274 valence electrons. The Bertz CT molecular complexity index is 2680. The summed E-state index contributed by atoms with van der Waals surface area (Å²) in [5.41, 5.74) is 18.1. The number of hydrogen-bond donors (Lipinski definition) is 0. The van der Waals surface area contributed by atoms with Crippen molar-refractivity contribution in [2.45, 2.75) is 41.5 Å². The smallest absolute Gasteiger partial charge is 0.0175 e. The third kappa shape index (κ3) is 9.59. The van der Waals surface area contributed by atoms with Gasteiger partial charge in [-0.1, -0.05) is 209 Å². The van der Waals surface area contributed by atoms with Gasteiger partial charge in [0.1, 0.15) is 0 Å². The Morgan fingerprint density at radius 3 is 0.875 bits per heavy atom. The molecule has 0 bridgehead atoms. The predicted molar refractivity (Wildman–Crippen MR) is 245 cm³/mol. The summed E-state index contributed by atoms with van der Waals surface area (Å²) < 4.78 is 0. The molecule has 0 atom stereocenters. The van der Waals surface area contributed by atoms with Crippen LogP contribution in [0.3, 0.4) is 0 Å². The maximum absolute atomic E-state index is 2.27. The molecular formula is C56H50. The molecule has 9 rings (SSSR count). The van der Waals surface area contributed by atoms with Crippen molar-refractivity contribution in [3.63, 3.8) is 0 Å². The average Bonchev–Trinajstić information content (AvgIpc) is 3.21. The van der Waals surface area contributed by atoms with Crippen molar-refractivity contribution in [1.82, 2.24) is 0 Å². The molecular weight excluding hydrogens is 673 g/mol. The van der Waals surface area contributed by atoms with Crippen LogP contribution in [-0.4, -0.2) is 0 Å². The molecule has 0 nitrogen and oxygen atoms in total. The number of hydrogen-bond acceptors (Lipinski definition) is 0. The summed E-state index contributed by atoms with van der Waals surface area (Å²) in [6.07, 6.45) is 0. The fraction of sp³-hybridized carbons (Fsp3) is 0.107. The van der Waals surface area contributed by atoms with E-state index in [2.05, 4.69) is 236 Å². The van der Waals surface area contributed by atoms with Crippen molar-refractivity contribution in [3.05, 3.63) is 228 Å². The highest BCUT2D eigenvalue weighted by atomic mass is 14.1. The minimum Gasteiger partial charge on any atom is -0.0614 e. The molecule has 0 heterocycles. The van der Waals surface area contributed by atoms with E-state index in [4.69, 9.17) is 0 Å². The van der Waals surface area contributed by atoms with Crippen molar-refractivity contribution in [1.29, 1.82) is 0 Å². The number of benzene rings is 9. The summed E-state index contributed by atoms with van der Waals surface area (Å²) in [5.74, 6) is 0. The van der Waals surface area contributed by atoms with Crippen LogP contribution in [0, 0.1) is 41.5 Å². The highest BCUT2D eigenvalue weighted by molar-refractivity contribution is 5.89. The quantitative estimate of drug-likeness (QED) is 0.170. The van der Waals surface area contributed by atoms with Gasteiger partial charge in [0.2, 0.25) is 0 Å². The first-order valence-corrected chi connectivity index (χ1v) is 19.6. The molecule has 0 spiro atoms. The van der Waals surface area contributed by atoms with E-state index >= 15 is 0 Å². The lowest BCUT2D eigenvalue weighted by molar-refractivity contribution is 1.46. The normalized spacial score (nSPS) is 10.7. The Kier molecular flexibility index (Phi) is 11.7. The Labute approximate surface area is 333 Å². The van der Waals surface area contributed by atoms with Crippen LogP contribution in [0.25, 0.3) is 66.1 Å². The lowest BCUT2D eigenvalue weighted by Crippen LogP contribution is -1.83. The molecule has 0 saturated heterocycles. The van der Waals surface area contributed by atoms with Crippen LogP contribution in [0.4, 0.5) is 0 Å². The minimum atomic E-state index is 1.27. The van der Waals surface area contributed by atoms with Gasteiger partial charge in [-0.05, 0) is 126 Å². The first kappa shape index (κ1) is 37.8. The molecule has 0 amide bonds. The van der Waals surface area contributed by atoms with Gasteiger partial charge in [0.15, 0.2) is 0 Å². The molecule has 0 saturated carbocycles. The first-order chi connectivity index (χ1) is 27.2. The van der Waals surface area contributed by atoms with E-state index in [0.717, 1.165) is 0 Å². The molecule has 0 radical (unpaired) electrons. The molecule has 0 aliphatic carbocycles. The topological polar surface area (TPSA) is 0 Å². The molecule has 0 fully saturated rings. The lowest BCUT2D eigenvalue weighted by Gasteiger charge is -2.07. The van der Waals surface area contributed by atoms with Gasteiger partial charge in [-0.3, -0.25) is 0 Å². The van der Waals surface area contributed by atoms with Gasteiger partial charge in [0.05, 0.1) is 0 Å². The number of rotatable bonds is 4. The van der Waals surface area contributed by atoms with Crippen LogP contribution in [-0.2, 0) is 0 Å². The van der Waals surface area contributed by atoms with Gasteiger partial charge < -0.3 is 0 Å². The Balaban J connectivity index is 0.000000129. The first-order valence-electron chi connectivity index (χ1n) is 19.6. The molecule has 9 aromatic rings. The maximum atomic E-state index is 2.27. The Morgan fingerprint density at radius 2 is 0.464 bits per heavy atom. The van der Waals surface area contributed by atoms with E-state index in [0.29, 0.717) is 0 Å². The predicted octanol–water partition coefficient (Wildman–Crippen LogP) is 15.9. The summed E-state index contributed by atoms with van der Waals surface area (Å²) in [6.45, 7) is 12.8. The van der Waals surface area contributed by atoms with E-state index in [1.165, 1.54) is 99.4 Å². The van der Waals surface area contributed by atoms with Crippen LogP contribution in [0.5, 0.6) is 0 Å². The van der Waals surface area contributed by atoms with Crippen LogP contribution < -0.4 is 0 Å². The van der Waals surface area contributed by atoms with Crippen LogP contribution >= 0.6 is 0 Å². The summed E-state index contributed by atoms with van der Waals surface area (Å²) in [6, 6.07) is 69.9. The monoisotopic (exact) mass is 722 g/mol. The second-order valence-electron chi connectivity index (χ2n) is 15.2. The van der Waals surface area contributed by atoms with Crippen LogP contribution in [0.2, 0.25) is 0 Å². The van der Waals surface area contributed by atoms with E-state index in [1.54, 1.807) is 0 Å². The molecule has 56 heavy (non-hydrogen) atoms. The molecule has 0 N–H and O–H groups in total. The molecule has 9 aromatic carbocycles. The van der Waals surface area contributed by atoms with E-state index < -0.39 is 0 Å². The van der Waals surface area contributed by atoms with Crippen molar-refractivity contribution < 1.29 is 0 Å². The second-order valence-corrected chi connectivity index (χ2v) is 15.2. The molecule has 0 aliphatic heterocycles. The Morgan fingerprint density at radius 1 is 0.179 bits per heavy atom. The number of fused-ring (bicyclic) bond motifs is 2. The molecule has 0 heteroatoms. The zero-order valence-electron chi connectivity index (χ0n) is 33.5. The summed E-state index contributed by atoms with van der Waals surface area (Å²) >= 11 is 0. The summed E-state index contributed by atoms with van der Waals surface area (Å²) in [7, 11) is 0. The zero-order valence-corrected chi connectivity index (χ0v) is 33.5. The third-order valence-corrected chi connectivity index (χ3v) is 10.3.